The summed E-state index contributed by atoms with van der Waals surface area (Å²) in [6, 6.07) is 8.17. The van der Waals surface area contributed by atoms with Crippen LogP contribution >= 0.6 is 23.2 Å². The first-order chi connectivity index (χ1) is 19.7. The predicted molar refractivity (Wildman–Crippen MR) is 155 cm³/mol. The number of anilines is 2. The highest BCUT2D eigenvalue weighted by Crippen LogP contribution is 2.37. The quantitative estimate of drug-likeness (QED) is 0.340. The van der Waals surface area contributed by atoms with Gasteiger partial charge in [-0.2, -0.15) is 4.98 Å². The molecule has 3 N–H and O–H groups in total. The van der Waals surface area contributed by atoms with E-state index in [1.165, 1.54) is 13.3 Å². The number of methoxy groups -OCH3 is 2. The molecule has 1 saturated heterocycles. The number of rotatable bonds is 8. The van der Waals surface area contributed by atoms with Crippen molar-refractivity contribution in [3.63, 3.8) is 0 Å². The fourth-order valence-electron chi connectivity index (χ4n) is 5.01. The van der Waals surface area contributed by atoms with Crippen LogP contribution in [0, 0.1) is 0 Å². The molecule has 3 heterocycles. The van der Waals surface area contributed by atoms with Crippen LogP contribution < -0.4 is 25.4 Å². The minimum Gasteiger partial charge on any atom is -0.495 e. The smallest absolute Gasteiger partial charge is 0.255 e. The average molecular weight is 601 g/mol. The van der Waals surface area contributed by atoms with E-state index in [0.29, 0.717) is 29.3 Å². The van der Waals surface area contributed by atoms with Gasteiger partial charge in [-0.05, 0) is 50.7 Å². The zero-order valence-corrected chi connectivity index (χ0v) is 24.5. The van der Waals surface area contributed by atoms with Crippen molar-refractivity contribution in [1.29, 1.82) is 0 Å². The Balaban J connectivity index is 1.36. The summed E-state index contributed by atoms with van der Waals surface area (Å²) in [7, 11) is 5.13. The van der Waals surface area contributed by atoms with E-state index in [0.717, 1.165) is 18.5 Å². The Morgan fingerprint density at radius 3 is 2.73 bits per heavy atom. The van der Waals surface area contributed by atoms with Crippen LogP contribution in [0.1, 0.15) is 45.7 Å². The second kappa shape index (κ2) is 12.1. The number of hydrogen-bond donors (Lipinski definition) is 3. The number of likely N-dealkylation sites (tertiary alicyclic amines) is 1. The van der Waals surface area contributed by atoms with Crippen LogP contribution in [0.5, 0.6) is 17.4 Å². The van der Waals surface area contributed by atoms with Crippen LogP contribution in [0.25, 0.3) is 0 Å². The SMILES string of the molecule is COc1cc(C(=O)NC2CCN(C)C[C@@H]2OC)c(Cl)cc1Nc1ncc(Cl)c(Oc2cccc3c2C(=O)N[C@@H]3C)n1. The molecule has 5 rings (SSSR count). The molecule has 216 valence electrons. The zero-order valence-electron chi connectivity index (χ0n) is 23.0. The largest absolute Gasteiger partial charge is 0.495 e. The molecule has 1 fully saturated rings. The number of hydrogen-bond acceptors (Lipinski definition) is 9. The number of carbonyl (C=O) groups is 2. The Morgan fingerprint density at radius 1 is 1.17 bits per heavy atom. The second-order valence-electron chi connectivity index (χ2n) is 9.93. The molecule has 0 radical (unpaired) electrons. The lowest BCUT2D eigenvalue weighted by Gasteiger charge is -2.36. The van der Waals surface area contributed by atoms with Gasteiger partial charge in [0.25, 0.3) is 11.8 Å². The van der Waals surface area contributed by atoms with E-state index >= 15 is 0 Å². The molecule has 2 aromatic carbocycles. The number of fused-ring (bicyclic) bond motifs is 1. The molecule has 13 heteroatoms. The molecule has 41 heavy (non-hydrogen) atoms. The van der Waals surface area contributed by atoms with Gasteiger partial charge in [0.05, 0.1) is 53.3 Å². The molecular formula is C28H30Cl2N6O5. The number of nitrogens with zero attached hydrogens (tertiary/aromatic N) is 3. The van der Waals surface area contributed by atoms with E-state index in [2.05, 4.69) is 30.8 Å². The van der Waals surface area contributed by atoms with E-state index in [1.54, 1.807) is 31.4 Å². The highest BCUT2D eigenvalue weighted by Gasteiger charge is 2.31. The van der Waals surface area contributed by atoms with E-state index in [4.69, 9.17) is 37.4 Å². The van der Waals surface area contributed by atoms with Crippen LogP contribution in [0.4, 0.5) is 11.6 Å². The first-order valence-electron chi connectivity index (χ1n) is 13.0. The van der Waals surface area contributed by atoms with Gasteiger partial charge < -0.3 is 35.1 Å². The Labute approximate surface area is 247 Å². The lowest BCUT2D eigenvalue weighted by atomic mass is 10.0. The predicted octanol–water partition coefficient (Wildman–Crippen LogP) is 4.58. The number of nitrogens with one attached hydrogen (secondary N) is 3. The number of carbonyl (C=O) groups excluding carboxylic acids is 2. The number of piperidine rings is 1. The van der Waals surface area contributed by atoms with Crippen molar-refractivity contribution in [2.45, 2.75) is 31.5 Å². The zero-order chi connectivity index (χ0) is 29.3. The highest BCUT2D eigenvalue weighted by atomic mass is 35.5. The molecule has 3 atom stereocenters. The maximum atomic E-state index is 13.2. The molecule has 2 amide bonds. The van der Waals surface area contributed by atoms with Crippen molar-refractivity contribution in [1.82, 2.24) is 25.5 Å². The normalized spacial score (nSPS) is 20.2. The van der Waals surface area contributed by atoms with Gasteiger partial charge in [0.15, 0.2) is 0 Å². The molecule has 1 unspecified atom stereocenters. The number of likely N-dealkylation sites (N-methyl/N-ethyl adjacent to an activating group) is 1. The summed E-state index contributed by atoms with van der Waals surface area (Å²) < 4.78 is 17.1. The number of ether oxygens (including phenoxy) is 3. The van der Waals surface area contributed by atoms with E-state index in [9.17, 15) is 9.59 Å². The standard InChI is InChI=1S/C28H30Cl2N6O5/c1-14-15-6-5-7-21(24(15)26(38)32-14)41-27-18(30)12-31-28(35-27)34-20-11-17(29)16(10-22(20)39-3)25(37)33-19-8-9-36(2)13-23(19)40-4/h5-7,10-12,14,19,23H,8-9,13H2,1-4H3,(H,32,38)(H,33,37)(H,31,34,35)/t14-,19?,23+/m1/s1. The van der Waals surface area contributed by atoms with E-state index in [-0.39, 0.29) is 57.4 Å². The van der Waals surface area contributed by atoms with Crippen molar-refractivity contribution in [3.05, 3.63) is 63.3 Å². The third-order valence-electron chi connectivity index (χ3n) is 7.18. The first-order valence-corrected chi connectivity index (χ1v) is 13.7. The van der Waals surface area contributed by atoms with Crippen molar-refractivity contribution in [3.8, 4) is 17.4 Å². The Hall–Kier alpha value is -3.64. The summed E-state index contributed by atoms with van der Waals surface area (Å²) in [5.74, 6) is 0.297. The van der Waals surface area contributed by atoms with Crippen LogP contribution in [0.15, 0.2) is 36.5 Å². The third kappa shape index (κ3) is 6.03. The van der Waals surface area contributed by atoms with Crippen molar-refractivity contribution in [2.75, 3.05) is 39.7 Å². The first kappa shape index (κ1) is 28.9. The van der Waals surface area contributed by atoms with Gasteiger partial charge in [-0.15, -0.1) is 0 Å². The van der Waals surface area contributed by atoms with Crippen LogP contribution in [0.2, 0.25) is 10.0 Å². The third-order valence-corrected chi connectivity index (χ3v) is 7.75. The Morgan fingerprint density at radius 2 is 1.98 bits per heavy atom. The van der Waals surface area contributed by atoms with Gasteiger partial charge in [-0.3, -0.25) is 9.59 Å². The molecule has 11 nitrogen and oxygen atoms in total. The lowest BCUT2D eigenvalue weighted by Crippen LogP contribution is -2.53. The fourth-order valence-corrected chi connectivity index (χ4v) is 5.39. The molecule has 1 aromatic heterocycles. The summed E-state index contributed by atoms with van der Waals surface area (Å²) in [6.07, 6.45) is 2.00. The van der Waals surface area contributed by atoms with Gasteiger partial charge in [-0.1, -0.05) is 35.3 Å². The topological polar surface area (TPSA) is 127 Å². The fraction of sp³-hybridized carbons (Fsp3) is 0.357. The number of aromatic nitrogens is 2. The molecule has 3 aromatic rings. The lowest BCUT2D eigenvalue weighted by molar-refractivity contribution is 0.0142. The number of halogens is 2. The molecule has 2 aliphatic rings. The van der Waals surface area contributed by atoms with Gasteiger partial charge in [0, 0.05) is 13.7 Å². The van der Waals surface area contributed by atoms with Crippen LogP contribution in [0.3, 0.4) is 0 Å². The molecule has 2 aliphatic heterocycles. The van der Waals surface area contributed by atoms with Gasteiger partial charge in [0.2, 0.25) is 11.8 Å². The minimum absolute atomic E-state index is 0.0526. The molecule has 0 aliphatic carbocycles. The maximum Gasteiger partial charge on any atom is 0.255 e. The Kier molecular flexibility index (Phi) is 8.50. The molecule has 0 spiro atoms. The summed E-state index contributed by atoms with van der Waals surface area (Å²) >= 11 is 12.9. The summed E-state index contributed by atoms with van der Waals surface area (Å²) in [5.41, 5.74) is 1.94. The average Bonchev–Trinajstić information content (AvgIpc) is 3.25. The second-order valence-corrected chi connectivity index (χ2v) is 10.7. The summed E-state index contributed by atoms with van der Waals surface area (Å²) in [6.45, 7) is 3.45. The highest BCUT2D eigenvalue weighted by molar-refractivity contribution is 6.34. The van der Waals surface area contributed by atoms with E-state index in [1.807, 2.05) is 20.0 Å². The summed E-state index contributed by atoms with van der Waals surface area (Å²) in [4.78, 5) is 36.4. The van der Waals surface area contributed by atoms with Crippen molar-refractivity contribution < 1.29 is 23.8 Å². The van der Waals surface area contributed by atoms with Crippen LogP contribution in [-0.4, -0.2) is 73.2 Å². The summed E-state index contributed by atoms with van der Waals surface area (Å²) in [5, 5.41) is 9.32. The van der Waals surface area contributed by atoms with Crippen molar-refractivity contribution >= 4 is 46.7 Å². The van der Waals surface area contributed by atoms with Crippen molar-refractivity contribution in [2.24, 2.45) is 0 Å². The maximum absolute atomic E-state index is 13.2. The minimum atomic E-state index is -0.330. The number of benzene rings is 2. The Bertz CT molecular complexity index is 1490. The molecule has 0 bridgehead atoms. The molecule has 0 saturated carbocycles. The van der Waals surface area contributed by atoms with E-state index < -0.39 is 0 Å². The monoisotopic (exact) mass is 600 g/mol. The van der Waals surface area contributed by atoms with Gasteiger partial charge >= 0.3 is 0 Å². The molecular weight excluding hydrogens is 571 g/mol. The van der Waals surface area contributed by atoms with Crippen LogP contribution in [-0.2, 0) is 4.74 Å². The number of amides is 2. The van der Waals surface area contributed by atoms with Gasteiger partial charge in [0.1, 0.15) is 16.5 Å². The van der Waals surface area contributed by atoms with Gasteiger partial charge in [-0.25, -0.2) is 4.98 Å².